The van der Waals surface area contributed by atoms with Crippen molar-refractivity contribution in [1.29, 1.82) is 0 Å². The van der Waals surface area contributed by atoms with Crippen LogP contribution in [0.3, 0.4) is 0 Å². The molecule has 1 saturated heterocycles. The van der Waals surface area contributed by atoms with Crippen LogP contribution in [0.25, 0.3) is 0 Å². The molecule has 4 heteroatoms. The highest BCUT2D eigenvalue weighted by Crippen LogP contribution is 2.01. The number of piperazine rings is 1. The summed E-state index contributed by atoms with van der Waals surface area (Å²) in [4.78, 5) is 5.04. The standard InChI is InChI=1S/C13H23N3O/c1-2-15-7-9-16(10-8-15)6-5-14-12-13-4-3-11-17-13/h3-4,11,14H,2,5-10,12H2,1H3. The lowest BCUT2D eigenvalue weighted by atomic mass is 10.3. The second-order valence-electron chi connectivity index (χ2n) is 4.53. The predicted octanol–water partition coefficient (Wildman–Crippen LogP) is 1.01. The van der Waals surface area contributed by atoms with Crippen molar-refractivity contribution in [3.05, 3.63) is 24.2 Å². The quantitative estimate of drug-likeness (QED) is 0.748. The van der Waals surface area contributed by atoms with E-state index in [4.69, 9.17) is 4.42 Å². The summed E-state index contributed by atoms with van der Waals surface area (Å²) in [5.41, 5.74) is 0. The van der Waals surface area contributed by atoms with Crippen LogP contribution in [0.5, 0.6) is 0 Å². The SMILES string of the molecule is CCN1CCN(CCNCc2ccco2)CC1. The van der Waals surface area contributed by atoms with Crippen LogP contribution in [0, 0.1) is 0 Å². The minimum atomic E-state index is 0.835. The molecular weight excluding hydrogens is 214 g/mol. The first-order valence-electron chi connectivity index (χ1n) is 6.56. The summed E-state index contributed by atoms with van der Waals surface area (Å²) in [7, 11) is 0. The van der Waals surface area contributed by atoms with E-state index in [1.54, 1.807) is 6.26 Å². The number of hydrogen-bond acceptors (Lipinski definition) is 4. The Labute approximate surface area is 104 Å². The van der Waals surface area contributed by atoms with E-state index in [0.29, 0.717) is 0 Å². The van der Waals surface area contributed by atoms with Gasteiger partial charge < -0.3 is 14.6 Å². The molecule has 2 heterocycles. The van der Waals surface area contributed by atoms with Crippen LogP contribution >= 0.6 is 0 Å². The molecule has 0 spiro atoms. The Balaban J connectivity index is 1.54. The highest BCUT2D eigenvalue weighted by molar-refractivity contribution is 4.97. The van der Waals surface area contributed by atoms with E-state index >= 15 is 0 Å². The van der Waals surface area contributed by atoms with Gasteiger partial charge in [-0.3, -0.25) is 4.90 Å². The third kappa shape index (κ3) is 4.15. The molecule has 17 heavy (non-hydrogen) atoms. The van der Waals surface area contributed by atoms with Crippen LogP contribution in [0.15, 0.2) is 22.8 Å². The number of likely N-dealkylation sites (N-methyl/N-ethyl adjacent to an activating group) is 1. The molecule has 0 amide bonds. The van der Waals surface area contributed by atoms with E-state index in [1.807, 2.05) is 12.1 Å². The van der Waals surface area contributed by atoms with Crippen LogP contribution in [-0.2, 0) is 6.54 Å². The molecule has 2 rings (SSSR count). The number of nitrogens with one attached hydrogen (secondary N) is 1. The Morgan fingerprint density at radius 3 is 2.65 bits per heavy atom. The van der Waals surface area contributed by atoms with Crippen LogP contribution in [0.1, 0.15) is 12.7 Å². The van der Waals surface area contributed by atoms with Gasteiger partial charge in [-0.1, -0.05) is 6.92 Å². The van der Waals surface area contributed by atoms with Crippen LogP contribution in [-0.4, -0.2) is 55.6 Å². The third-order valence-electron chi connectivity index (χ3n) is 3.40. The Morgan fingerprint density at radius 2 is 2.00 bits per heavy atom. The fourth-order valence-electron chi connectivity index (χ4n) is 2.19. The van der Waals surface area contributed by atoms with Crippen LogP contribution in [0.2, 0.25) is 0 Å². The summed E-state index contributed by atoms with van der Waals surface area (Å²) in [6.45, 7) is 11.3. The predicted molar refractivity (Wildman–Crippen MR) is 69.0 cm³/mol. The fourth-order valence-corrected chi connectivity index (χ4v) is 2.19. The molecule has 1 aromatic heterocycles. The zero-order valence-electron chi connectivity index (χ0n) is 10.7. The van der Waals surface area contributed by atoms with Crippen molar-refractivity contribution in [3.8, 4) is 0 Å². The van der Waals surface area contributed by atoms with Crippen LogP contribution < -0.4 is 5.32 Å². The molecule has 96 valence electrons. The lowest BCUT2D eigenvalue weighted by Gasteiger charge is -2.33. The van der Waals surface area contributed by atoms with Gasteiger partial charge in [0.1, 0.15) is 5.76 Å². The van der Waals surface area contributed by atoms with Crippen molar-refractivity contribution in [2.24, 2.45) is 0 Å². The molecule has 0 saturated carbocycles. The molecular formula is C13H23N3O. The minimum absolute atomic E-state index is 0.835. The Morgan fingerprint density at radius 1 is 1.24 bits per heavy atom. The second-order valence-corrected chi connectivity index (χ2v) is 4.53. The van der Waals surface area contributed by atoms with E-state index in [-0.39, 0.29) is 0 Å². The largest absolute Gasteiger partial charge is 0.468 e. The van der Waals surface area contributed by atoms with E-state index < -0.39 is 0 Å². The first-order chi connectivity index (χ1) is 8.38. The molecule has 0 unspecified atom stereocenters. The van der Waals surface area contributed by atoms with Gasteiger partial charge in [0.05, 0.1) is 12.8 Å². The topological polar surface area (TPSA) is 31.6 Å². The van der Waals surface area contributed by atoms with Gasteiger partial charge >= 0.3 is 0 Å². The summed E-state index contributed by atoms with van der Waals surface area (Å²) in [5, 5.41) is 3.41. The van der Waals surface area contributed by atoms with E-state index in [1.165, 1.54) is 32.7 Å². The Hall–Kier alpha value is -0.840. The summed E-state index contributed by atoms with van der Waals surface area (Å²) >= 11 is 0. The lowest BCUT2D eigenvalue weighted by molar-refractivity contribution is 0.138. The Kier molecular flexibility index (Phi) is 5.04. The molecule has 0 aliphatic carbocycles. The number of nitrogens with zero attached hydrogens (tertiary/aromatic N) is 2. The van der Waals surface area contributed by atoms with Gasteiger partial charge in [0, 0.05) is 39.3 Å². The zero-order chi connectivity index (χ0) is 11.9. The first-order valence-corrected chi connectivity index (χ1v) is 6.56. The number of rotatable bonds is 6. The molecule has 0 radical (unpaired) electrons. The van der Waals surface area contributed by atoms with Gasteiger partial charge in [0.25, 0.3) is 0 Å². The van der Waals surface area contributed by atoms with Crippen molar-refractivity contribution in [3.63, 3.8) is 0 Å². The van der Waals surface area contributed by atoms with Crippen LogP contribution in [0.4, 0.5) is 0 Å². The normalized spacial score (nSPS) is 18.6. The molecule has 1 aromatic rings. The lowest BCUT2D eigenvalue weighted by Crippen LogP contribution is -2.47. The summed E-state index contributed by atoms with van der Waals surface area (Å²) < 4.78 is 5.27. The molecule has 1 N–H and O–H groups in total. The third-order valence-corrected chi connectivity index (χ3v) is 3.40. The molecule has 1 fully saturated rings. The monoisotopic (exact) mass is 237 g/mol. The highest BCUT2D eigenvalue weighted by atomic mass is 16.3. The zero-order valence-corrected chi connectivity index (χ0v) is 10.7. The van der Waals surface area contributed by atoms with E-state index in [0.717, 1.165) is 25.4 Å². The second kappa shape index (κ2) is 6.79. The molecule has 0 bridgehead atoms. The number of furan rings is 1. The van der Waals surface area contributed by atoms with Gasteiger partial charge in [0.2, 0.25) is 0 Å². The summed E-state index contributed by atoms with van der Waals surface area (Å²) in [5.74, 6) is 1.01. The van der Waals surface area contributed by atoms with Gasteiger partial charge in [-0.2, -0.15) is 0 Å². The maximum absolute atomic E-state index is 5.27. The minimum Gasteiger partial charge on any atom is -0.468 e. The van der Waals surface area contributed by atoms with Gasteiger partial charge in [-0.15, -0.1) is 0 Å². The van der Waals surface area contributed by atoms with Crippen molar-refractivity contribution in [2.45, 2.75) is 13.5 Å². The van der Waals surface area contributed by atoms with Crippen molar-refractivity contribution >= 4 is 0 Å². The average molecular weight is 237 g/mol. The van der Waals surface area contributed by atoms with Gasteiger partial charge in [-0.25, -0.2) is 0 Å². The first kappa shape index (κ1) is 12.6. The van der Waals surface area contributed by atoms with E-state index in [2.05, 4.69) is 22.0 Å². The van der Waals surface area contributed by atoms with Gasteiger partial charge in [-0.05, 0) is 18.7 Å². The molecule has 0 atom stereocenters. The molecule has 1 aliphatic rings. The van der Waals surface area contributed by atoms with E-state index in [9.17, 15) is 0 Å². The molecule has 4 nitrogen and oxygen atoms in total. The smallest absolute Gasteiger partial charge is 0.117 e. The average Bonchev–Trinajstić information content (AvgIpc) is 2.88. The van der Waals surface area contributed by atoms with Crippen molar-refractivity contribution in [1.82, 2.24) is 15.1 Å². The van der Waals surface area contributed by atoms with Crippen molar-refractivity contribution in [2.75, 3.05) is 45.8 Å². The summed E-state index contributed by atoms with van der Waals surface area (Å²) in [6.07, 6.45) is 1.72. The van der Waals surface area contributed by atoms with Crippen molar-refractivity contribution < 1.29 is 4.42 Å². The summed E-state index contributed by atoms with van der Waals surface area (Å²) in [6, 6.07) is 3.94. The fraction of sp³-hybridized carbons (Fsp3) is 0.692. The van der Waals surface area contributed by atoms with Gasteiger partial charge in [0.15, 0.2) is 0 Å². The number of hydrogen-bond donors (Lipinski definition) is 1. The maximum Gasteiger partial charge on any atom is 0.117 e. The molecule has 1 aliphatic heterocycles. The molecule has 0 aromatic carbocycles. The Bertz CT molecular complexity index is 292. The maximum atomic E-state index is 5.27. The highest BCUT2D eigenvalue weighted by Gasteiger charge is 2.14.